The van der Waals surface area contributed by atoms with Gasteiger partial charge in [0.1, 0.15) is 5.82 Å². The summed E-state index contributed by atoms with van der Waals surface area (Å²) < 4.78 is 25.6. The number of nitrogens with one attached hydrogen (secondary N) is 1. The minimum absolute atomic E-state index is 0.186. The maximum Gasteiger partial charge on any atom is 0.224 e. The summed E-state index contributed by atoms with van der Waals surface area (Å²) in [6, 6.07) is 7.48. The molecule has 2 aromatic rings. The van der Waals surface area contributed by atoms with Crippen LogP contribution in [0, 0.1) is 5.82 Å². The van der Waals surface area contributed by atoms with Crippen LogP contribution in [-0.2, 0) is 15.6 Å². The molecule has 0 saturated heterocycles. The van der Waals surface area contributed by atoms with Gasteiger partial charge in [0.25, 0.3) is 0 Å². The largest absolute Gasteiger partial charge is 0.397 e. The van der Waals surface area contributed by atoms with E-state index in [1.807, 2.05) is 17.5 Å². The molecule has 3 N–H and O–H groups in total. The van der Waals surface area contributed by atoms with Crippen LogP contribution < -0.4 is 11.1 Å². The van der Waals surface area contributed by atoms with Crippen molar-refractivity contribution in [3.8, 4) is 0 Å². The second-order valence-electron chi connectivity index (χ2n) is 4.37. The lowest BCUT2D eigenvalue weighted by atomic mass is 10.2. The molecular weight excluding hydrogens is 311 g/mol. The Bertz CT molecular complexity index is 644. The second-order valence-corrected chi connectivity index (χ2v) is 7.11. The first kappa shape index (κ1) is 15.7. The van der Waals surface area contributed by atoms with Gasteiger partial charge in [0, 0.05) is 12.2 Å². The molecule has 1 atom stereocenters. The molecule has 0 saturated carbocycles. The number of hydrogen-bond donors (Lipinski definition) is 2. The molecule has 21 heavy (non-hydrogen) atoms. The van der Waals surface area contributed by atoms with Crippen molar-refractivity contribution in [3.63, 3.8) is 0 Å². The minimum atomic E-state index is -1.06. The zero-order valence-corrected chi connectivity index (χ0v) is 12.8. The fourth-order valence-corrected chi connectivity index (χ4v) is 3.85. The summed E-state index contributed by atoms with van der Waals surface area (Å²) >= 11 is 1.44. The van der Waals surface area contributed by atoms with Gasteiger partial charge in [-0.1, -0.05) is 6.07 Å². The third-order valence-electron chi connectivity index (χ3n) is 2.74. The summed E-state index contributed by atoms with van der Waals surface area (Å²) in [6.07, 6.45) is 0.755. The summed E-state index contributed by atoms with van der Waals surface area (Å²) in [5.74, 6) is -0.236. The van der Waals surface area contributed by atoms with Crippen LogP contribution in [0.3, 0.4) is 0 Å². The van der Waals surface area contributed by atoms with E-state index in [2.05, 4.69) is 5.32 Å². The first-order valence-electron chi connectivity index (χ1n) is 6.33. The Kier molecular flexibility index (Phi) is 5.46. The molecule has 0 fully saturated rings. The number of hydrogen-bond acceptors (Lipinski definition) is 4. The first-order chi connectivity index (χ1) is 10.1. The van der Waals surface area contributed by atoms with E-state index in [4.69, 9.17) is 5.73 Å². The predicted molar refractivity (Wildman–Crippen MR) is 84.3 cm³/mol. The molecule has 112 valence electrons. The zero-order chi connectivity index (χ0) is 15.2. The van der Waals surface area contributed by atoms with Crippen molar-refractivity contribution < 1.29 is 13.4 Å². The number of carbonyl (C=O) groups is 1. The van der Waals surface area contributed by atoms with Gasteiger partial charge in [-0.05, 0) is 36.1 Å². The number of nitrogens with two attached hydrogens (primary N) is 1. The normalized spacial score (nSPS) is 12.0. The van der Waals surface area contributed by atoms with E-state index in [1.165, 1.54) is 23.5 Å². The van der Waals surface area contributed by atoms with E-state index < -0.39 is 16.6 Å². The Morgan fingerprint density at radius 1 is 1.38 bits per heavy atom. The number of anilines is 2. The van der Waals surface area contributed by atoms with Crippen molar-refractivity contribution in [1.29, 1.82) is 0 Å². The highest BCUT2D eigenvalue weighted by atomic mass is 32.2. The number of benzene rings is 1. The maximum absolute atomic E-state index is 12.9. The van der Waals surface area contributed by atoms with E-state index in [0.717, 1.165) is 10.3 Å². The Morgan fingerprint density at radius 3 is 2.86 bits per heavy atom. The number of carbonyl (C=O) groups excluding carboxylic acids is 1. The van der Waals surface area contributed by atoms with E-state index in [0.29, 0.717) is 17.9 Å². The molecule has 7 heteroatoms. The van der Waals surface area contributed by atoms with Crippen molar-refractivity contribution in [1.82, 2.24) is 0 Å². The lowest BCUT2D eigenvalue weighted by Crippen LogP contribution is -2.13. The van der Waals surface area contributed by atoms with Crippen LogP contribution in [0.25, 0.3) is 0 Å². The van der Waals surface area contributed by atoms with Gasteiger partial charge in [-0.2, -0.15) is 0 Å². The monoisotopic (exact) mass is 326 g/mol. The van der Waals surface area contributed by atoms with Crippen molar-refractivity contribution >= 4 is 39.4 Å². The molecule has 4 nitrogen and oxygen atoms in total. The average Bonchev–Trinajstić information content (AvgIpc) is 2.96. The summed E-state index contributed by atoms with van der Waals surface area (Å²) in [5.41, 5.74) is 6.18. The Balaban J connectivity index is 1.78. The molecular formula is C14H15FN2O2S2. The van der Waals surface area contributed by atoms with E-state index in [9.17, 15) is 13.4 Å². The van der Waals surface area contributed by atoms with Gasteiger partial charge >= 0.3 is 0 Å². The summed E-state index contributed by atoms with van der Waals surface area (Å²) in [7, 11) is -1.06. The molecule has 1 aromatic carbocycles. The summed E-state index contributed by atoms with van der Waals surface area (Å²) in [5, 5.41) is 4.49. The van der Waals surface area contributed by atoms with Crippen LogP contribution >= 0.6 is 11.3 Å². The number of rotatable bonds is 6. The maximum atomic E-state index is 12.9. The van der Waals surface area contributed by atoms with Crippen molar-refractivity contribution in [2.45, 2.75) is 17.1 Å². The van der Waals surface area contributed by atoms with Crippen LogP contribution in [0.2, 0.25) is 0 Å². The molecule has 0 bridgehead atoms. The molecule has 0 radical (unpaired) electrons. The lowest BCUT2D eigenvalue weighted by molar-refractivity contribution is -0.116. The van der Waals surface area contributed by atoms with Gasteiger partial charge in [0.05, 0.1) is 26.4 Å². The summed E-state index contributed by atoms with van der Waals surface area (Å²) in [4.78, 5) is 11.8. The van der Waals surface area contributed by atoms with Crippen LogP contribution in [0.1, 0.15) is 12.8 Å². The standard InChI is InChI=1S/C14H15FN2O2S2/c15-10-5-6-12(11(16)9-10)17-13(18)3-2-8-21(19)14-4-1-7-20-14/h1,4-7,9H,2-3,8,16H2,(H,17,18). The van der Waals surface area contributed by atoms with Gasteiger partial charge in [0.2, 0.25) is 5.91 Å². The van der Waals surface area contributed by atoms with Gasteiger partial charge in [-0.3, -0.25) is 9.00 Å². The van der Waals surface area contributed by atoms with Crippen molar-refractivity contribution in [2.24, 2.45) is 0 Å². The number of thiophene rings is 1. The topological polar surface area (TPSA) is 72.2 Å². The van der Waals surface area contributed by atoms with Crippen LogP contribution in [-0.4, -0.2) is 15.9 Å². The Morgan fingerprint density at radius 2 is 2.19 bits per heavy atom. The molecule has 0 spiro atoms. The number of halogens is 1. The smallest absolute Gasteiger partial charge is 0.224 e. The molecule has 1 heterocycles. The molecule has 0 aliphatic carbocycles. The molecule has 1 unspecified atom stereocenters. The Hall–Kier alpha value is -1.73. The number of amides is 1. The van der Waals surface area contributed by atoms with Gasteiger partial charge < -0.3 is 11.1 Å². The third-order valence-corrected chi connectivity index (χ3v) is 5.49. The molecule has 2 rings (SSSR count). The quantitative estimate of drug-likeness (QED) is 0.802. The van der Waals surface area contributed by atoms with Crippen LogP contribution in [0.15, 0.2) is 39.9 Å². The van der Waals surface area contributed by atoms with E-state index >= 15 is 0 Å². The fraction of sp³-hybridized carbons (Fsp3) is 0.214. The fourth-order valence-electron chi connectivity index (χ4n) is 1.72. The molecule has 1 aromatic heterocycles. The Labute approximate surface area is 128 Å². The highest BCUT2D eigenvalue weighted by Gasteiger charge is 2.09. The molecule has 1 amide bonds. The van der Waals surface area contributed by atoms with Crippen LogP contribution in [0.5, 0.6) is 0 Å². The lowest BCUT2D eigenvalue weighted by Gasteiger charge is -2.08. The minimum Gasteiger partial charge on any atom is -0.397 e. The highest BCUT2D eigenvalue weighted by molar-refractivity contribution is 7.87. The number of nitrogen functional groups attached to an aromatic ring is 1. The SMILES string of the molecule is Nc1cc(F)ccc1NC(=O)CCCS(=O)c1cccs1. The average molecular weight is 326 g/mol. The van der Waals surface area contributed by atoms with Gasteiger partial charge in [-0.15, -0.1) is 11.3 Å². The third kappa shape index (κ3) is 4.64. The van der Waals surface area contributed by atoms with Crippen LogP contribution in [0.4, 0.5) is 15.8 Å². The molecule has 0 aliphatic heterocycles. The second kappa shape index (κ2) is 7.33. The first-order valence-corrected chi connectivity index (χ1v) is 8.53. The van der Waals surface area contributed by atoms with Crippen molar-refractivity contribution in [3.05, 3.63) is 41.5 Å². The predicted octanol–water partition coefficient (Wildman–Crippen LogP) is 3.00. The van der Waals surface area contributed by atoms with E-state index in [-0.39, 0.29) is 18.0 Å². The zero-order valence-electron chi connectivity index (χ0n) is 11.2. The summed E-state index contributed by atoms with van der Waals surface area (Å²) in [6.45, 7) is 0. The van der Waals surface area contributed by atoms with Crippen molar-refractivity contribution in [2.75, 3.05) is 16.8 Å². The van der Waals surface area contributed by atoms with E-state index in [1.54, 1.807) is 0 Å². The van der Waals surface area contributed by atoms with Gasteiger partial charge in [0.15, 0.2) is 0 Å². The highest BCUT2D eigenvalue weighted by Crippen LogP contribution is 2.19. The van der Waals surface area contributed by atoms with Gasteiger partial charge in [-0.25, -0.2) is 4.39 Å². The molecule has 0 aliphatic rings.